The third-order valence-corrected chi connectivity index (χ3v) is 4.81. The van der Waals surface area contributed by atoms with E-state index >= 15 is 0 Å². The Morgan fingerprint density at radius 3 is 2.52 bits per heavy atom. The highest BCUT2D eigenvalue weighted by Crippen LogP contribution is 2.34. The molecular weight excluding hydrogens is 420 g/mol. The van der Waals surface area contributed by atoms with Crippen LogP contribution in [-0.4, -0.2) is 24.7 Å². The van der Waals surface area contributed by atoms with E-state index in [0.717, 1.165) is 0 Å². The molecular formula is C23H19ClN2O5. The number of para-hydroxylation sites is 1. The third-order valence-electron chi connectivity index (χ3n) is 4.56. The van der Waals surface area contributed by atoms with Gasteiger partial charge in [0.05, 0.1) is 11.3 Å². The maximum atomic E-state index is 12.8. The van der Waals surface area contributed by atoms with Crippen molar-refractivity contribution < 1.29 is 23.8 Å². The van der Waals surface area contributed by atoms with Crippen molar-refractivity contribution >= 4 is 34.8 Å². The van der Waals surface area contributed by atoms with E-state index in [1.807, 2.05) is 0 Å². The topological polar surface area (TPSA) is 85.9 Å². The molecule has 0 saturated heterocycles. The van der Waals surface area contributed by atoms with Gasteiger partial charge in [-0.1, -0.05) is 23.7 Å². The molecule has 0 fully saturated rings. The maximum absolute atomic E-state index is 12.8. The molecule has 2 N–H and O–H groups in total. The van der Waals surface area contributed by atoms with Gasteiger partial charge in [-0.3, -0.25) is 9.59 Å². The summed E-state index contributed by atoms with van der Waals surface area (Å²) in [6, 6.07) is 18.6. The summed E-state index contributed by atoms with van der Waals surface area (Å²) in [5, 5.41) is 6.14. The van der Waals surface area contributed by atoms with Crippen LogP contribution in [0.3, 0.4) is 0 Å². The molecule has 1 atom stereocenters. The van der Waals surface area contributed by atoms with Crippen LogP contribution < -0.4 is 24.8 Å². The van der Waals surface area contributed by atoms with E-state index in [9.17, 15) is 9.59 Å². The van der Waals surface area contributed by atoms with E-state index in [4.69, 9.17) is 25.8 Å². The fourth-order valence-electron chi connectivity index (χ4n) is 2.97. The molecule has 1 aliphatic rings. The van der Waals surface area contributed by atoms with Crippen LogP contribution in [0.2, 0.25) is 5.02 Å². The summed E-state index contributed by atoms with van der Waals surface area (Å²) >= 11 is 5.86. The highest BCUT2D eigenvalue weighted by atomic mass is 35.5. The highest BCUT2D eigenvalue weighted by Gasteiger charge is 2.19. The van der Waals surface area contributed by atoms with Crippen molar-refractivity contribution in [3.8, 4) is 17.2 Å². The van der Waals surface area contributed by atoms with Crippen molar-refractivity contribution in [3.63, 3.8) is 0 Å². The van der Waals surface area contributed by atoms with Gasteiger partial charge in [-0.2, -0.15) is 0 Å². The number of ether oxygens (including phenoxy) is 3. The molecule has 0 aromatic heterocycles. The fourth-order valence-corrected chi connectivity index (χ4v) is 3.09. The third kappa shape index (κ3) is 4.90. The van der Waals surface area contributed by atoms with E-state index in [1.165, 1.54) is 0 Å². The molecule has 1 unspecified atom stereocenters. The lowest BCUT2D eigenvalue weighted by Gasteiger charge is -2.16. The van der Waals surface area contributed by atoms with Gasteiger partial charge < -0.3 is 24.8 Å². The lowest BCUT2D eigenvalue weighted by Crippen LogP contribution is -2.31. The van der Waals surface area contributed by atoms with Gasteiger partial charge in [-0.25, -0.2) is 0 Å². The number of nitrogens with one attached hydrogen (secondary N) is 2. The zero-order valence-corrected chi connectivity index (χ0v) is 17.3. The van der Waals surface area contributed by atoms with Gasteiger partial charge >= 0.3 is 0 Å². The van der Waals surface area contributed by atoms with Crippen LogP contribution in [-0.2, 0) is 4.79 Å². The van der Waals surface area contributed by atoms with E-state index in [0.29, 0.717) is 39.2 Å². The first kappa shape index (κ1) is 20.6. The minimum Gasteiger partial charge on any atom is -0.481 e. The van der Waals surface area contributed by atoms with Crippen molar-refractivity contribution in [2.45, 2.75) is 13.0 Å². The first-order valence-electron chi connectivity index (χ1n) is 9.53. The van der Waals surface area contributed by atoms with Crippen LogP contribution in [0.15, 0.2) is 66.7 Å². The van der Waals surface area contributed by atoms with E-state index in [2.05, 4.69) is 10.6 Å². The smallest absolute Gasteiger partial charge is 0.265 e. The Bertz CT molecular complexity index is 1120. The molecule has 3 aromatic rings. The normalized spacial score (nSPS) is 12.7. The first-order chi connectivity index (χ1) is 15.0. The lowest BCUT2D eigenvalue weighted by molar-refractivity contribution is -0.122. The minimum atomic E-state index is -0.786. The van der Waals surface area contributed by atoms with Crippen molar-refractivity contribution in [3.05, 3.63) is 77.3 Å². The Labute approximate surface area is 183 Å². The Balaban J connectivity index is 1.44. The average molecular weight is 439 g/mol. The van der Waals surface area contributed by atoms with Gasteiger partial charge in [-0.15, -0.1) is 0 Å². The predicted octanol–water partition coefficient (Wildman–Crippen LogP) is 4.73. The molecule has 3 aromatic carbocycles. The maximum Gasteiger partial charge on any atom is 0.265 e. The molecule has 2 amide bonds. The number of amides is 2. The van der Waals surface area contributed by atoms with Crippen molar-refractivity contribution in [2.24, 2.45) is 0 Å². The predicted molar refractivity (Wildman–Crippen MR) is 117 cm³/mol. The second kappa shape index (κ2) is 8.97. The Morgan fingerprint density at radius 1 is 0.968 bits per heavy atom. The number of anilines is 2. The number of carbonyl (C=O) groups is 2. The van der Waals surface area contributed by atoms with Gasteiger partial charge in [0.2, 0.25) is 6.79 Å². The zero-order valence-electron chi connectivity index (χ0n) is 16.6. The fraction of sp³-hybridized carbons (Fsp3) is 0.130. The number of fused-ring (bicyclic) bond motifs is 1. The van der Waals surface area contributed by atoms with Crippen LogP contribution in [0, 0.1) is 0 Å². The Morgan fingerprint density at radius 2 is 1.71 bits per heavy atom. The van der Waals surface area contributed by atoms with E-state index < -0.39 is 12.0 Å². The Hall–Kier alpha value is -3.71. The molecule has 1 aliphatic heterocycles. The van der Waals surface area contributed by atoms with Crippen LogP contribution in [0.4, 0.5) is 11.4 Å². The number of hydrogen-bond acceptors (Lipinski definition) is 5. The van der Waals surface area contributed by atoms with Crippen LogP contribution >= 0.6 is 11.6 Å². The minimum absolute atomic E-state index is 0.151. The number of carbonyl (C=O) groups excluding carboxylic acids is 2. The molecule has 158 valence electrons. The number of rotatable bonds is 6. The summed E-state index contributed by atoms with van der Waals surface area (Å²) in [6.07, 6.45) is -0.786. The van der Waals surface area contributed by atoms with Crippen molar-refractivity contribution in [2.75, 3.05) is 17.4 Å². The van der Waals surface area contributed by atoms with Gasteiger partial charge in [0.1, 0.15) is 5.75 Å². The standard InChI is InChI=1S/C23H19ClN2O5/c1-14(31-17-9-6-15(24)7-10-17)22(27)26-19-5-3-2-4-18(19)23(28)25-16-8-11-20-21(12-16)30-13-29-20/h2-12,14H,13H2,1H3,(H,25,28)(H,26,27). The van der Waals surface area contributed by atoms with Gasteiger partial charge in [0, 0.05) is 16.8 Å². The average Bonchev–Trinajstić information content (AvgIpc) is 3.23. The zero-order chi connectivity index (χ0) is 21.8. The second-order valence-corrected chi connectivity index (χ2v) is 7.21. The second-order valence-electron chi connectivity index (χ2n) is 6.77. The molecule has 31 heavy (non-hydrogen) atoms. The Kier molecular flexibility index (Phi) is 5.95. The van der Waals surface area contributed by atoms with Crippen LogP contribution in [0.5, 0.6) is 17.2 Å². The van der Waals surface area contributed by atoms with E-state index in [-0.39, 0.29) is 12.7 Å². The SMILES string of the molecule is CC(Oc1ccc(Cl)cc1)C(=O)Nc1ccccc1C(=O)Nc1ccc2c(c1)OCO2. The summed E-state index contributed by atoms with van der Waals surface area (Å²) in [7, 11) is 0. The molecule has 1 heterocycles. The molecule has 7 nitrogen and oxygen atoms in total. The number of benzene rings is 3. The number of hydrogen-bond donors (Lipinski definition) is 2. The number of halogens is 1. The molecule has 4 rings (SSSR count). The quantitative estimate of drug-likeness (QED) is 0.581. The van der Waals surface area contributed by atoms with Gasteiger partial charge in [0.15, 0.2) is 17.6 Å². The molecule has 0 bridgehead atoms. The van der Waals surface area contributed by atoms with Crippen molar-refractivity contribution in [1.29, 1.82) is 0 Å². The monoisotopic (exact) mass is 438 g/mol. The molecule has 8 heteroatoms. The summed E-state index contributed by atoms with van der Waals surface area (Å²) in [6.45, 7) is 1.77. The van der Waals surface area contributed by atoms with Crippen molar-refractivity contribution in [1.82, 2.24) is 0 Å². The molecule has 0 spiro atoms. The van der Waals surface area contributed by atoms with E-state index in [1.54, 1.807) is 73.7 Å². The summed E-state index contributed by atoms with van der Waals surface area (Å²) in [5.74, 6) is 0.938. The first-order valence-corrected chi connectivity index (χ1v) is 9.90. The van der Waals surface area contributed by atoms with Crippen LogP contribution in [0.25, 0.3) is 0 Å². The molecule has 0 saturated carbocycles. The molecule has 0 radical (unpaired) electrons. The largest absolute Gasteiger partial charge is 0.481 e. The summed E-state index contributed by atoms with van der Waals surface area (Å²) in [4.78, 5) is 25.5. The lowest BCUT2D eigenvalue weighted by atomic mass is 10.1. The van der Waals surface area contributed by atoms with Gasteiger partial charge in [-0.05, 0) is 55.5 Å². The summed E-state index contributed by atoms with van der Waals surface area (Å²) < 4.78 is 16.3. The summed E-state index contributed by atoms with van der Waals surface area (Å²) in [5.41, 5.74) is 1.24. The van der Waals surface area contributed by atoms with Gasteiger partial charge in [0.25, 0.3) is 11.8 Å². The van der Waals surface area contributed by atoms with Crippen LogP contribution in [0.1, 0.15) is 17.3 Å². The highest BCUT2D eigenvalue weighted by molar-refractivity contribution is 6.30. The molecule has 0 aliphatic carbocycles.